The van der Waals surface area contributed by atoms with Gasteiger partial charge in [-0.15, -0.1) is 0 Å². The third-order valence-corrected chi connectivity index (χ3v) is 5.29. The highest BCUT2D eigenvalue weighted by molar-refractivity contribution is 9.10. The highest BCUT2D eigenvalue weighted by Gasteiger charge is 2.36. The van der Waals surface area contributed by atoms with Crippen molar-refractivity contribution in [2.24, 2.45) is 0 Å². The highest BCUT2D eigenvalue weighted by Crippen LogP contribution is 2.37. The van der Waals surface area contributed by atoms with E-state index in [4.69, 9.17) is 4.74 Å². The zero-order chi connectivity index (χ0) is 14.9. The monoisotopic (exact) mass is 354 g/mol. The van der Waals surface area contributed by atoms with Crippen LogP contribution >= 0.6 is 15.9 Å². The molecule has 116 valence electrons. The highest BCUT2D eigenvalue weighted by atomic mass is 79.9. The van der Waals surface area contributed by atoms with E-state index in [1.165, 1.54) is 5.56 Å². The topological polar surface area (TPSA) is 49.7 Å². The Morgan fingerprint density at radius 3 is 2.62 bits per heavy atom. The van der Waals surface area contributed by atoms with E-state index in [2.05, 4.69) is 22.0 Å². The number of aliphatic hydroxyl groups is 2. The van der Waals surface area contributed by atoms with Gasteiger partial charge in [-0.3, -0.25) is 0 Å². The van der Waals surface area contributed by atoms with Crippen LogP contribution in [0.2, 0.25) is 0 Å². The summed E-state index contributed by atoms with van der Waals surface area (Å²) in [6, 6.07) is 4.09. The molecule has 21 heavy (non-hydrogen) atoms. The predicted octanol–water partition coefficient (Wildman–Crippen LogP) is 3.37. The SMILES string of the molecule is OC(Cc1cc(Br)cc2c1OCC2)C1(O)CCCCCC1. The van der Waals surface area contributed by atoms with Crippen molar-refractivity contribution in [3.8, 4) is 5.75 Å². The zero-order valence-electron chi connectivity index (χ0n) is 12.3. The second kappa shape index (κ2) is 6.27. The van der Waals surface area contributed by atoms with E-state index >= 15 is 0 Å². The van der Waals surface area contributed by atoms with Crippen molar-refractivity contribution in [3.63, 3.8) is 0 Å². The van der Waals surface area contributed by atoms with Crippen LogP contribution in [0.25, 0.3) is 0 Å². The summed E-state index contributed by atoms with van der Waals surface area (Å²) in [6.07, 6.45) is 6.37. The van der Waals surface area contributed by atoms with Crippen molar-refractivity contribution in [2.75, 3.05) is 6.61 Å². The van der Waals surface area contributed by atoms with Crippen molar-refractivity contribution >= 4 is 15.9 Å². The Morgan fingerprint density at radius 2 is 1.90 bits per heavy atom. The zero-order valence-corrected chi connectivity index (χ0v) is 13.9. The van der Waals surface area contributed by atoms with Crippen molar-refractivity contribution in [3.05, 3.63) is 27.7 Å². The van der Waals surface area contributed by atoms with Gasteiger partial charge in [0.05, 0.1) is 18.3 Å². The summed E-state index contributed by atoms with van der Waals surface area (Å²) in [6.45, 7) is 0.707. The minimum Gasteiger partial charge on any atom is -0.493 e. The summed E-state index contributed by atoms with van der Waals surface area (Å²) in [5.74, 6) is 0.912. The van der Waals surface area contributed by atoms with Crippen LogP contribution in [0.5, 0.6) is 5.75 Å². The Balaban J connectivity index is 1.80. The lowest BCUT2D eigenvalue weighted by atomic mass is 9.85. The van der Waals surface area contributed by atoms with E-state index in [-0.39, 0.29) is 0 Å². The summed E-state index contributed by atoms with van der Waals surface area (Å²) in [7, 11) is 0. The number of benzene rings is 1. The molecule has 1 heterocycles. The van der Waals surface area contributed by atoms with Crippen LogP contribution in [-0.2, 0) is 12.8 Å². The number of ether oxygens (including phenoxy) is 1. The second-order valence-corrected chi connectivity index (χ2v) is 7.31. The molecule has 0 bridgehead atoms. The van der Waals surface area contributed by atoms with E-state index in [1.807, 2.05) is 6.07 Å². The van der Waals surface area contributed by atoms with E-state index in [1.54, 1.807) is 0 Å². The molecule has 1 fully saturated rings. The Hall–Kier alpha value is -0.580. The summed E-state index contributed by atoms with van der Waals surface area (Å²) in [4.78, 5) is 0. The van der Waals surface area contributed by atoms with E-state index in [0.717, 1.165) is 47.9 Å². The molecule has 1 aromatic carbocycles. The average Bonchev–Trinajstić information content (AvgIpc) is 2.79. The van der Waals surface area contributed by atoms with Crippen LogP contribution < -0.4 is 4.74 Å². The summed E-state index contributed by atoms with van der Waals surface area (Å²) in [5.41, 5.74) is 1.26. The molecular weight excluding hydrogens is 332 g/mol. The smallest absolute Gasteiger partial charge is 0.125 e. The third kappa shape index (κ3) is 3.27. The Bertz CT molecular complexity index is 507. The molecule has 0 aromatic heterocycles. The van der Waals surface area contributed by atoms with E-state index in [9.17, 15) is 10.2 Å². The van der Waals surface area contributed by atoms with Crippen LogP contribution in [-0.4, -0.2) is 28.5 Å². The number of halogens is 1. The lowest BCUT2D eigenvalue weighted by Crippen LogP contribution is -2.43. The molecule has 1 saturated carbocycles. The third-order valence-electron chi connectivity index (χ3n) is 4.83. The number of hydrogen-bond donors (Lipinski definition) is 2. The van der Waals surface area contributed by atoms with Gasteiger partial charge in [0.1, 0.15) is 5.75 Å². The van der Waals surface area contributed by atoms with Crippen molar-refractivity contribution in [1.82, 2.24) is 0 Å². The normalized spacial score (nSPS) is 22.2. The van der Waals surface area contributed by atoms with Gasteiger partial charge in [-0.1, -0.05) is 41.6 Å². The minimum absolute atomic E-state index is 0.457. The first-order chi connectivity index (χ1) is 10.1. The lowest BCUT2D eigenvalue weighted by molar-refractivity contribution is -0.0837. The number of aliphatic hydroxyl groups excluding tert-OH is 1. The molecule has 1 aromatic rings. The molecular formula is C17H23BrO3. The van der Waals surface area contributed by atoms with Gasteiger partial charge < -0.3 is 14.9 Å². The molecule has 2 aliphatic rings. The predicted molar refractivity (Wildman–Crippen MR) is 85.7 cm³/mol. The first-order valence-electron chi connectivity index (χ1n) is 7.93. The number of rotatable bonds is 3. The molecule has 1 aliphatic carbocycles. The van der Waals surface area contributed by atoms with Crippen molar-refractivity contribution < 1.29 is 14.9 Å². The van der Waals surface area contributed by atoms with Crippen LogP contribution in [0, 0.1) is 0 Å². The summed E-state index contributed by atoms with van der Waals surface area (Å²) in [5, 5.41) is 21.4. The first kappa shape index (κ1) is 15.3. The van der Waals surface area contributed by atoms with Crippen molar-refractivity contribution in [2.45, 2.75) is 63.1 Å². The maximum absolute atomic E-state index is 10.8. The molecule has 0 amide bonds. The number of fused-ring (bicyclic) bond motifs is 1. The second-order valence-electron chi connectivity index (χ2n) is 6.39. The van der Waals surface area contributed by atoms with Gasteiger partial charge in [0, 0.05) is 17.3 Å². The van der Waals surface area contributed by atoms with Gasteiger partial charge in [-0.25, -0.2) is 0 Å². The average molecular weight is 355 g/mol. The standard InChI is InChI=1S/C17H23BrO3/c18-14-9-12-5-8-21-16(12)13(10-14)11-15(19)17(20)6-3-1-2-4-7-17/h9-10,15,19-20H,1-8,11H2. The maximum atomic E-state index is 10.8. The first-order valence-corrected chi connectivity index (χ1v) is 8.72. The fraction of sp³-hybridized carbons (Fsp3) is 0.647. The van der Waals surface area contributed by atoms with Gasteiger partial charge in [0.15, 0.2) is 0 Å². The van der Waals surface area contributed by atoms with Gasteiger partial charge in [-0.05, 0) is 36.1 Å². The van der Waals surface area contributed by atoms with Gasteiger partial charge >= 0.3 is 0 Å². The quantitative estimate of drug-likeness (QED) is 0.818. The lowest BCUT2D eigenvalue weighted by Gasteiger charge is -2.32. The van der Waals surface area contributed by atoms with Crippen LogP contribution in [0.15, 0.2) is 16.6 Å². The molecule has 0 saturated heterocycles. The molecule has 1 aliphatic heterocycles. The molecule has 4 heteroatoms. The molecule has 0 spiro atoms. The molecule has 3 nitrogen and oxygen atoms in total. The van der Waals surface area contributed by atoms with Gasteiger partial charge in [0.2, 0.25) is 0 Å². The van der Waals surface area contributed by atoms with Crippen LogP contribution in [0.1, 0.15) is 49.7 Å². The summed E-state index contributed by atoms with van der Waals surface area (Å²) >= 11 is 3.53. The largest absolute Gasteiger partial charge is 0.493 e. The van der Waals surface area contributed by atoms with Crippen molar-refractivity contribution in [1.29, 1.82) is 0 Å². The molecule has 0 radical (unpaired) electrons. The maximum Gasteiger partial charge on any atom is 0.125 e. The molecule has 3 rings (SSSR count). The Labute approximate surface area is 134 Å². The van der Waals surface area contributed by atoms with Gasteiger partial charge in [-0.2, -0.15) is 0 Å². The fourth-order valence-corrected chi connectivity index (χ4v) is 4.12. The Morgan fingerprint density at radius 1 is 1.19 bits per heavy atom. The molecule has 1 atom stereocenters. The van der Waals surface area contributed by atoms with Crippen LogP contribution in [0.4, 0.5) is 0 Å². The molecule has 1 unspecified atom stereocenters. The number of hydrogen-bond acceptors (Lipinski definition) is 3. The fourth-order valence-electron chi connectivity index (χ4n) is 3.57. The van der Waals surface area contributed by atoms with E-state index < -0.39 is 11.7 Å². The summed E-state index contributed by atoms with van der Waals surface area (Å²) < 4.78 is 6.73. The Kier molecular flexibility index (Phi) is 4.57. The van der Waals surface area contributed by atoms with Crippen LogP contribution in [0.3, 0.4) is 0 Å². The molecule has 2 N–H and O–H groups in total. The van der Waals surface area contributed by atoms with Gasteiger partial charge in [0.25, 0.3) is 0 Å². The minimum atomic E-state index is -0.940. The van der Waals surface area contributed by atoms with E-state index in [0.29, 0.717) is 25.9 Å².